The number of benzene rings is 1. The lowest BCUT2D eigenvalue weighted by atomic mass is 9.83. The highest BCUT2D eigenvalue weighted by Gasteiger charge is 2.38. The maximum Gasteiger partial charge on any atom is 0.338 e. The number of aromatic nitrogens is 1. The van der Waals surface area contributed by atoms with E-state index in [1.807, 2.05) is 23.6 Å². The summed E-state index contributed by atoms with van der Waals surface area (Å²) in [5.74, 6) is -2.18. The molecule has 1 aliphatic rings. The van der Waals surface area contributed by atoms with Gasteiger partial charge in [0.15, 0.2) is 0 Å². The number of aliphatic hydroxyl groups is 4. The minimum absolute atomic E-state index is 0.0204. The van der Waals surface area contributed by atoms with Gasteiger partial charge in [-0.2, -0.15) is 10.5 Å². The van der Waals surface area contributed by atoms with Crippen molar-refractivity contribution in [1.82, 2.24) is 4.98 Å². The Morgan fingerprint density at radius 2 is 1.62 bits per heavy atom. The predicted molar refractivity (Wildman–Crippen MR) is 185 cm³/mol. The van der Waals surface area contributed by atoms with Crippen LogP contribution in [-0.2, 0) is 14.3 Å². The van der Waals surface area contributed by atoms with E-state index in [0.29, 0.717) is 21.8 Å². The number of carbonyl (C=O) groups excluding carboxylic acids is 1. The molecule has 0 bridgehead atoms. The third-order valence-corrected chi connectivity index (χ3v) is 7.15. The minimum atomic E-state index is -0.977. The molecule has 1 unspecified atom stereocenters. The number of pyridine rings is 1. The molecular weight excluding hydrogens is 660 g/mol. The van der Waals surface area contributed by atoms with Gasteiger partial charge in [-0.3, -0.25) is 0 Å². The molecule has 14 heteroatoms. The zero-order valence-electron chi connectivity index (χ0n) is 27.6. The fourth-order valence-corrected chi connectivity index (χ4v) is 5.32. The van der Waals surface area contributed by atoms with Crippen LogP contribution in [-0.4, -0.2) is 70.2 Å². The number of thioether (sulfide) groups is 1. The summed E-state index contributed by atoms with van der Waals surface area (Å²) in [7, 11) is 0. The summed E-state index contributed by atoms with van der Waals surface area (Å²) in [6.45, 7) is 9.46. The second kappa shape index (κ2) is 25.8. The van der Waals surface area contributed by atoms with Crippen LogP contribution in [0.15, 0.2) is 81.7 Å². The molecule has 48 heavy (non-hydrogen) atoms. The quantitative estimate of drug-likeness (QED) is 0.159. The fourth-order valence-electron chi connectivity index (χ4n) is 3.71. The van der Waals surface area contributed by atoms with Crippen molar-refractivity contribution in [2.75, 3.05) is 38.8 Å². The van der Waals surface area contributed by atoms with E-state index in [1.54, 1.807) is 52.8 Å². The normalized spacial score (nSPS) is 12.9. The molecule has 0 amide bonds. The maximum atomic E-state index is 14.1. The number of hydrogen-bond donors (Lipinski definition) is 5. The highest BCUT2D eigenvalue weighted by Crippen LogP contribution is 2.41. The Hall–Kier alpha value is -4.28. The van der Waals surface area contributed by atoms with Crippen molar-refractivity contribution >= 4 is 29.1 Å². The van der Waals surface area contributed by atoms with Crippen molar-refractivity contribution in [3.8, 4) is 22.7 Å². The number of aliphatic hydroxyl groups excluding tert-OH is 4. The number of hydrogen-bond acceptors (Lipinski definition) is 13. The fraction of sp³-hybridized carbons (Fsp3) is 0.353. The Kier molecular flexibility index (Phi) is 23.5. The molecule has 0 fully saturated rings. The van der Waals surface area contributed by atoms with Crippen molar-refractivity contribution in [3.63, 3.8) is 0 Å². The van der Waals surface area contributed by atoms with Crippen LogP contribution in [0.25, 0.3) is 10.6 Å². The molecule has 0 aliphatic carbocycles. The van der Waals surface area contributed by atoms with Crippen LogP contribution in [0.4, 0.5) is 4.39 Å². The molecule has 11 nitrogen and oxygen atoms in total. The summed E-state index contributed by atoms with van der Waals surface area (Å²) >= 11 is 2.71. The topological polar surface area (TPSA) is 203 Å². The molecular formula is C34H43FN4O7S2. The van der Waals surface area contributed by atoms with Crippen molar-refractivity contribution < 1.29 is 39.1 Å². The number of nitriles is 2. The number of carbonyl (C=O) groups is 1. The van der Waals surface area contributed by atoms with Crippen LogP contribution in [0.5, 0.6) is 0 Å². The number of ether oxygens (including phenoxy) is 2. The van der Waals surface area contributed by atoms with Crippen LogP contribution >= 0.6 is 23.1 Å². The second-order valence-corrected chi connectivity index (χ2v) is 10.6. The van der Waals surface area contributed by atoms with Gasteiger partial charge in [-0.1, -0.05) is 30.0 Å². The van der Waals surface area contributed by atoms with Gasteiger partial charge in [0.2, 0.25) is 5.88 Å². The molecule has 2 aromatic heterocycles. The molecule has 1 aromatic carbocycles. The van der Waals surface area contributed by atoms with Gasteiger partial charge in [0.1, 0.15) is 34.3 Å². The SMILES string of the molecule is CCO.CCO.CCO.CCO.CCOC(=O)C1=C(CSc2nc(-c3cccs3)ccc2C#N)OC(N)=C(C#N)C1c1cccc(F)c1. The first-order valence-corrected chi connectivity index (χ1v) is 16.7. The monoisotopic (exact) mass is 702 g/mol. The van der Waals surface area contributed by atoms with E-state index in [4.69, 9.17) is 35.6 Å². The first-order chi connectivity index (χ1) is 23.1. The zero-order valence-corrected chi connectivity index (χ0v) is 29.3. The van der Waals surface area contributed by atoms with E-state index in [2.05, 4.69) is 11.1 Å². The first kappa shape index (κ1) is 43.7. The third kappa shape index (κ3) is 14.2. The molecule has 1 atom stereocenters. The Balaban J connectivity index is 0.00000161. The first-order valence-electron chi connectivity index (χ1n) is 14.9. The molecule has 0 radical (unpaired) electrons. The Morgan fingerprint density at radius 3 is 2.12 bits per heavy atom. The number of esters is 1. The van der Waals surface area contributed by atoms with Gasteiger partial charge in [-0.25, -0.2) is 14.2 Å². The van der Waals surface area contributed by atoms with Crippen molar-refractivity contribution in [3.05, 3.63) is 93.6 Å². The number of rotatable bonds is 7. The lowest BCUT2D eigenvalue weighted by Gasteiger charge is -2.28. The standard InChI is InChI=1S/C26H19FN4O3S2.4C2H6O/c1-2-33-26(32)23-20(34-24(30)18(13-29)22(23)15-5-3-6-17(27)11-15)14-36-25-16(12-28)8-9-19(31-25)21-7-4-10-35-21;4*1-2-3/h3-11,22H,2,14,30H2,1H3;4*3H,2H2,1H3. The highest BCUT2D eigenvalue weighted by molar-refractivity contribution is 7.99. The molecule has 3 aromatic rings. The van der Waals surface area contributed by atoms with E-state index in [1.165, 1.54) is 41.3 Å². The summed E-state index contributed by atoms with van der Waals surface area (Å²) in [5.41, 5.74) is 7.53. The summed E-state index contributed by atoms with van der Waals surface area (Å²) in [4.78, 5) is 18.7. The lowest BCUT2D eigenvalue weighted by molar-refractivity contribution is -0.139. The van der Waals surface area contributed by atoms with Crippen molar-refractivity contribution in [1.29, 1.82) is 10.5 Å². The van der Waals surface area contributed by atoms with E-state index >= 15 is 0 Å². The number of thiophene rings is 1. The van der Waals surface area contributed by atoms with Gasteiger partial charge < -0.3 is 35.6 Å². The Bertz CT molecular complexity index is 1530. The van der Waals surface area contributed by atoms with Crippen LogP contribution in [0.3, 0.4) is 0 Å². The number of nitrogens with two attached hydrogens (primary N) is 1. The molecule has 3 heterocycles. The largest absolute Gasteiger partial charge is 0.463 e. The highest BCUT2D eigenvalue weighted by atomic mass is 32.2. The Labute approximate surface area is 289 Å². The van der Waals surface area contributed by atoms with Gasteiger partial charge in [0.05, 0.1) is 40.0 Å². The van der Waals surface area contributed by atoms with Crippen LogP contribution in [0, 0.1) is 28.5 Å². The molecule has 0 saturated heterocycles. The molecule has 1 aliphatic heterocycles. The predicted octanol–water partition coefficient (Wildman–Crippen LogP) is 5.23. The van der Waals surface area contributed by atoms with E-state index in [0.717, 1.165) is 4.88 Å². The number of halogens is 1. The van der Waals surface area contributed by atoms with Crippen LogP contribution in [0.2, 0.25) is 0 Å². The molecule has 260 valence electrons. The smallest absolute Gasteiger partial charge is 0.338 e. The summed E-state index contributed by atoms with van der Waals surface area (Å²) < 4.78 is 25.1. The van der Waals surface area contributed by atoms with Crippen LogP contribution in [0.1, 0.15) is 51.7 Å². The van der Waals surface area contributed by atoms with Crippen molar-refractivity contribution in [2.24, 2.45) is 5.73 Å². The second-order valence-electron chi connectivity index (χ2n) is 8.73. The minimum Gasteiger partial charge on any atom is -0.463 e. The average Bonchev–Trinajstić information content (AvgIpc) is 3.60. The van der Waals surface area contributed by atoms with Gasteiger partial charge in [0.25, 0.3) is 0 Å². The summed E-state index contributed by atoms with van der Waals surface area (Å²) in [6.07, 6.45) is 0. The van der Waals surface area contributed by atoms with Gasteiger partial charge in [-0.05, 0) is 75.9 Å². The molecule has 0 spiro atoms. The number of nitrogens with zero attached hydrogens (tertiary/aromatic N) is 3. The Morgan fingerprint density at radius 1 is 1.00 bits per heavy atom. The zero-order chi connectivity index (χ0) is 36.5. The average molecular weight is 703 g/mol. The van der Waals surface area contributed by atoms with Gasteiger partial charge in [0, 0.05) is 26.4 Å². The van der Waals surface area contributed by atoms with E-state index in [-0.39, 0.29) is 61.6 Å². The summed E-state index contributed by atoms with van der Waals surface area (Å²) in [6, 6.07) is 17.0. The van der Waals surface area contributed by atoms with Crippen LogP contribution < -0.4 is 5.73 Å². The van der Waals surface area contributed by atoms with Crippen molar-refractivity contribution in [2.45, 2.75) is 45.6 Å². The molecule has 6 N–H and O–H groups in total. The molecule has 0 saturated carbocycles. The summed E-state index contributed by atoms with van der Waals surface area (Å²) in [5, 5.41) is 52.0. The van der Waals surface area contributed by atoms with E-state index < -0.39 is 17.7 Å². The third-order valence-electron chi connectivity index (χ3n) is 5.27. The lowest BCUT2D eigenvalue weighted by Crippen LogP contribution is -2.27. The number of allylic oxidation sites excluding steroid dienone is 1. The molecule has 4 rings (SSSR count). The van der Waals surface area contributed by atoms with E-state index in [9.17, 15) is 19.7 Å². The van der Waals surface area contributed by atoms with Gasteiger partial charge in [-0.15, -0.1) is 11.3 Å². The maximum absolute atomic E-state index is 14.1. The van der Waals surface area contributed by atoms with Gasteiger partial charge >= 0.3 is 5.97 Å².